The smallest absolute Gasteiger partial charge is 0.272 e. The maximum Gasteiger partial charge on any atom is 0.272 e. The van der Waals surface area contributed by atoms with Gasteiger partial charge in [0.05, 0.1) is 26.6 Å². The van der Waals surface area contributed by atoms with Crippen LogP contribution < -0.4 is 30.2 Å². The maximum atomic E-state index is 13.7. The highest BCUT2D eigenvalue weighted by Gasteiger charge is 2.20. The van der Waals surface area contributed by atoms with Gasteiger partial charge >= 0.3 is 0 Å². The molecule has 0 bridgehead atoms. The Bertz CT molecular complexity index is 1720. The van der Waals surface area contributed by atoms with Gasteiger partial charge in [0.2, 0.25) is 5.91 Å². The summed E-state index contributed by atoms with van der Waals surface area (Å²) in [6.45, 7) is 3.92. The van der Waals surface area contributed by atoms with Crippen molar-refractivity contribution in [3.63, 3.8) is 0 Å². The van der Waals surface area contributed by atoms with Crippen LogP contribution in [0.2, 0.25) is 0 Å². The normalized spacial score (nSPS) is 11.6. The Labute approximate surface area is 273 Å². The Kier molecular flexibility index (Phi) is 11.9. The fraction of sp³-hybridized carbons (Fsp3) is 0.194. The molecule has 4 rings (SSSR count). The number of rotatable bonds is 13. The monoisotopic (exact) mass is 639 g/mol. The average molecular weight is 640 g/mol. The van der Waals surface area contributed by atoms with Gasteiger partial charge in [0, 0.05) is 33.5 Å². The van der Waals surface area contributed by atoms with Crippen molar-refractivity contribution in [1.82, 2.24) is 5.32 Å². The molecule has 4 aromatic carbocycles. The molecule has 0 saturated heterocycles. The number of anilines is 2. The molecule has 10 heteroatoms. The van der Waals surface area contributed by atoms with Gasteiger partial charge in [-0.15, -0.1) is 11.8 Å². The van der Waals surface area contributed by atoms with E-state index in [1.54, 1.807) is 60.7 Å². The number of thioether (sulfide) groups is 1. The van der Waals surface area contributed by atoms with E-state index in [0.717, 1.165) is 16.1 Å². The third-order valence-electron chi connectivity index (χ3n) is 6.88. The minimum Gasteiger partial charge on any atom is -0.496 e. The van der Waals surface area contributed by atoms with Crippen LogP contribution in [0, 0.1) is 6.92 Å². The van der Waals surface area contributed by atoms with Gasteiger partial charge in [-0.25, -0.2) is 0 Å². The second-order valence-corrected chi connectivity index (χ2v) is 11.5. The maximum absolute atomic E-state index is 13.7. The van der Waals surface area contributed by atoms with Gasteiger partial charge in [-0.3, -0.25) is 14.4 Å². The number of benzene rings is 4. The molecule has 0 aromatic heterocycles. The molecule has 0 saturated carbocycles. The number of carbonyl (C=O) groups is 3. The van der Waals surface area contributed by atoms with E-state index in [1.807, 2.05) is 44.2 Å². The highest BCUT2D eigenvalue weighted by molar-refractivity contribution is 8.00. The van der Waals surface area contributed by atoms with E-state index in [1.165, 1.54) is 39.2 Å². The second kappa shape index (κ2) is 16.2. The lowest BCUT2D eigenvalue weighted by atomic mass is 10.1. The van der Waals surface area contributed by atoms with E-state index in [0.29, 0.717) is 40.5 Å². The molecule has 46 heavy (non-hydrogen) atoms. The summed E-state index contributed by atoms with van der Waals surface area (Å²) < 4.78 is 16.4. The summed E-state index contributed by atoms with van der Waals surface area (Å²) in [5.74, 6) is 0.146. The molecule has 1 atom stereocenters. The summed E-state index contributed by atoms with van der Waals surface area (Å²) in [5.41, 5.74) is 3.12. The Morgan fingerprint density at radius 2 is 1.41 bits per heavy atom. The first-order chi connectivity index (χ1) is 22.2. The van der Waals surface area contributed by atoms with Crippen LogP contribution in [-0.4, -0.2) is 44.3 Å². The van der Waals surface area contributed by atoms with Gasteiger partial charge in [-0.2, -0.15) is 0 Å². The van der Waals surface area contributed by atoms with Crippen molar-refractivity contribution >= 4 is 46.9 Å². The summed E-state index contributed by atoms with van der Waals surface area (Å²) in [7, 11) is 4.51. The molecule has 0 aliphatic heterocycles. The summed E-state index contributed by atoms with van der Waals surface area (Å²) in [5, 5.41) is 8.26. The predicted molar refractivity (Wildman–Crippen MR) is 183 cm³/mol. The van der Waals surface area contributed by atoms with E-state index >= 15 is 0 Å². The van der Waals surface area contributed by atoms with Crippen LogP contribution in [0.25, 0.3) is 6.08 Å². The van der Waals surface area contributed by atoms with Gasteiger partial charge in [0.25, 0.3) is 11.8 Å². The minimum absolute atomic E-state index is 0.0265. The number of carbonyl (C=O) groups excluding carboxylic acids is 3. The van der Waals surface area contributed by atoms with Crippen LogP contribution >= 0.6 is 11.8 Å². The summed E-state index contributed by atoms with van der Waals surface area (Å²) in [6, 6.07) is 26.7. The van der Waals surface area contributed by atoms with Gasteiger partial charge in [-0.05, 0) is 73.5 Å². The lowest BCUT2D eigenvalue weighted by Crippen LogP contribution is -2.30. The number of hydrogen-bond donors (Lipinski definition) is 3. The number of nitrogens with one attached hydrogen (secondary N) is 3. The number of hydrogen-bond acceptors (Lipinski definition) is 7. The van der Waals surface area contributed by atoms with E-state index in [9.17, 15) is 14.4 Å². The summed E-state index contributed by atoms with van der Waals surface area (Å²) in [4.78, 5) is 40.7. The minimum atomic E-state index is -0.562. The van der Waals surface area contributed by atoms with Crippen molar-refractivity contribution in [1.29, 1.82) is 0 Å². The molecule has 1 unspecified atom stereocenters. The van der Waals surface area contributed by atoms with E-state index < -0.39 is 11.8 Å². The van der Waals surface area contributed by atoms with Crippen LogP contribution in [0.4, 0.5) is 11.4 Å². The Hall–Kier alpha value is -5.22. The average Bonchev–Trinajstić information content (AvgIpc) is 3.07. The standard InChI is InChI=1S/C36H37N3O6S/c1-6-33(36(42)38-26-15-10-12-23(2)18-26)46-28-17-11-16-27(21-28)37-35(41)29(39-34(40)24-13-8-7-9-14-24)19-25-20-31(44-4)32(45-5)22-30(25)43-3/h7-22,33H,6H2,1-5H3,(H,37,41)(H,38,42)(H,39,40)/b29-19+. The predicted octanol–water partition coefficient (Wildman–Crippen LogP) is 6.94. The molecule has 3 N–H and O–H groups in total. The molecule has 3 amide bonds. The molecular formula is C36H37N3O6S. The van der Waals surface area contributed by atoms with Crippen molar-refractivity contribution < 1.29 is 28.6 Å². The molecule has 0 spiro atoms. The first-order valence-electron chi connectivity index (χ1n) is 14.6. The number of ether oxygens (including phenoxy) is 3. The fourth-order valence-corrected chi connectivity index (χ4v) is 5.55. The van der Waals surface area contributed by atoms with Crippen LogP contribution in [0.5, 0.6) is 17.2 Å². The molecule has 0 radical (unpaired) electrons. The fourth-order valence-electron chi connectivity index (χ4n) is 4.54. The zero-order valence-electron chi connectivity index (χ0n) is 26.4. The molecular weight excluding hydrogens is 602 g/mol. The van der Waals surface area contributed by atoms with Gasteiger partial charge in [0.1, 0.15) is 11.4 Å². The van der Waals surface area contributed by atoms with Crippen molar-refractivity contribution in [3.05, 3.63) is 113 Å². The topological polar surface area (TPSA) is 115 Å². The zero-order chi connectivity index (χ0) is 33.1. The molecule has 238 valence electrons. The second-order valence-electron chi connectivity index (χ2n) is 10.2. The molecule has 0 aliphatic carbocycles. The zero-order valence-corrected chi connectivity index (χ0v) is 27.2. The van der Waals surface area contributed by atoms with Gasteiger partial charge in [-0.1, -0.05) is 43.3 Å². The van der Waals surface area contributed by atoms with Crippen molar-refractivity contribution in [2.24, 2.45) is 0 Å². The van der Waals surface area contributed by atoms with Crippen LogP contribution in [-0.2, 0) is 9.59 Å². The molecule has 9 nitrogen and oxygen atoms in total. The third-order valence-corrected chi connectivity index (χ3v) is 8.24. The highest BCUT2D eigenvalue weighted by atomic mass is 32.2. The Balaban J connectivity index is 1.59. The molecule has 0 heterocycles. The first-order valence-corrected chi connectivity index (χ1v) is 15.5. The lowest BCUT2D eigenvalue weighted by Gasteiger charge is -2.16. The van der Waals surface area contributed by atoms with E-state index in [4.69, 9.17) is 14.2 Å². The quantitative estimate of drug-likeness (QED) is 0.107. The van der Waals surface area contributed by atoms with E-state index in [2.05, 4.69) is 16.0 Å². The number of aryl methyl sites for hydroxylation is 1. The third kappa shape index (κ3) is 8.92. The summed E-state index contributed by atoms with van der Waals surface area (Å²) >= 11 is 1.40. The number of amides is 3. The van der Waals surface area contributed by atoms with Crippen LogP contribution in [0.15, 0.2) is 102 Å². The van der Waals surface area contributed by atoms with E-state index in [-0.39, 0.29) is 16.9 Å². The molecule has 0 fully saturated rings. The highest BCUT2D eigenvalue weighted by Crippen LogP contribution is 2.36. The van der Waals surface area contributed by atoms with Crippen LogP contribution in [0.3, 0.4) is 0 Å². The molecule has 0 aliphatic rings. The van der Waals surface area contributed by atoms with Gasteiger partial charge < -0.3 is 30.2 Å². The first kappa shape index (κ1) is 33.7. The molecule has 4 aromatic rings. The van der Waals surface area contributed by atoms with Crippen LogP contribution in [0.1, 0.15) is 34.8 Å². The van der Waals surface area contributed by atoms with Crippen molar-refractivity contribution in [3.8, 4) is 17.2 Å². The Morgan fingerprint density at radius 1 is 0.761 bits per heavy atom. The van der Waals surface area contributed by atoms with Gasteiger partial charge in [0.15, 0.2) is 11.5 Å². The lowest BCUT2D eigenvalue weighted by molar-refractivity contribution is -0.116. The number of methoxy groups -OCH3 is 3. The largest absolute Gasteiger partial charge is 0.496 e. The summed E-state index contributed by atoms with van der Waals surface area (Å²) in [6.07, 6.45) is 2.11. The SMILES string of the molecule is CCC(Sc1cccc(NC(=O)/C(=C\c2cc(OC)c(OC)cc2OC)NC(=O)c2ccccc2)c1)C(=O)Nc1cccc(C)c1. The van der Waals surface area contributed by atoms with Crippen molar-refractivity contribution in [2.75, 3.05) is 32.0 Å². The van der Waals surface area contributed by atoms with Crippen molar-refractivity contribution in [2.45, 2.75) is 30.4 Å². The Morgan fingerprint density at radius 3 is 2.07 bits per heavy atom.